The summed E-state index contributed by atoms with van der Waals surface area (Å²) in [5, 5.41) is 0.202. The summed E-state index contributed by atoms with van der Waals surface area (Å²) in [5.41, 5.74) is 3.45. The maximum Gasteiger partial charge on any atom is 0.397 e. The van der Waals surface area contributed by atoms with Gasteiger partial charge in [0.05, 0.1) is 23.7 Å². The molecule has 2 N–H and O–H groups in total. The molecule has 0 saturated carbocycles. The first kappa shape index (κ1) is 26.9. The van der Waals surface area contributed by atoms with Gasteiger partial charge in [-0.1, -0.05) is 23.8 Å². The highest BCUT2D eigenvalue weighted by molar-refractivity contribution is 8.13. The van der Waals surface area contributed by atoms with Crippen molar-refractivity contribution in [2.75, 3.05) is 25.4 Å². The Kier molecular flexibility index (Phi) is 7.50. The smallest absolute Gasteiger partial charge is 0.397 e. The van der Waals surface area contributed by atoms with Crippen molar-refractivity contribution in [2.24, 2.45) is 27.1 Å². The number of allylic oxidation sites excluding steroid dienone is 1. The van der Waals surface area contributed by atoms with Gasteiger partial charge in [0.15, 0.2) is 11.8 Å². The van der Waals surface area contributed by atoms with E-state index in [0.29, 0.717) is 11.6 Å². The summed E-state index contributed by atoms with van der Waals surface area (Å²) in [7, 11) is 0. The second-order valence-electron chi connectivity index (χ2n) is 9.02. The topological polar surface area (TPSA) is 83.3 Å². The molecule has 0 bridgehead atoms. The molecular formula is C23H29F4N5O2S. The molecule has 0 radical (unpaired) electrons. The number of likely N-dealkylation sites (tertiary alicyclic amines) is 1. The number of carbonyl (C=O) groups is 1. The third-order valence-electron chi connectivity index (χ3n) is 7.10. The lowest BCUT2D eigenvalue weighted by Crippen LogP contribution is -2.58. The van der Waals surface area contributed by atoms with Gasteiger partial charge in [-0.2, -0.15) is 13.2 Å². The lowest BCUT2D eigenvalue weighted by Gasteiger charge is -2.48. The molecule has 3 aliphatic rings. The van der Waals surface area contributed by atoms with E-state index < -0.39 is 47.2 Å². The number of rotatable bonds is 8. The second kappa shape index (κ2) is 9.76. The Morgan fingerprint density at radius 3 is 2.77 bits per heavy atom. The van der Waals surface area contributed by atoms with E-state index in [1.54, 1.807) is 18.7 Å². The number of fused-ring (bicyclic) bond motifs is 1. The molecule has 7 nitrogen and oxygen atoms in total. The fraction of sp³-hybridized carbons (Fsp3) is 0.609. The van der Waals surface area contributed by atoms with Crippen LogP contribution >= 0.6 is 11.8 Å². The first-order valence-electron chi connectivity index (χ1n) is 11.0. The second-order valence-corrected chi connectivity index (χ2v) is 10.1. The van der Waals surface area contributed by atoms with Gasteiger partial charge in [0.25, 0.3) is 0 Å². The number of aliphatic imine (C=N–C) groups is 2. The van der Waals surface area contributed by atoms with Gasteiger partial charge in [0.1, 0.15) is 17.8 Å². The third kappa shape index (κ3) is 4.75. The molecule has 12 heteroatoms. The molecule has 35 heavy (non-hydrogen) atoms. The Balaban J connectivity index is 2.09. The number of amides is 1. The van der Waals surface area contributed by atoms with Crippen molar-refractivity contribution in [2.45, 2.75) is 51.0 Å². The molecule has 0 aromatic carbocycles. The van der Waals surface area contributed by atoms with Gasteiger partial charge < -0.3 is 20.3 Å². The summed E-state index contributed by atoms with van der Waals surface area (Å²) < 4.78 is 60.5. The number of terminal acetylenes is 1. The summed E-state index contributed by atoms with van der Waals surface area (Å²) in [6.07, 6.45) is 1.77. The van der Waals surface area contributed by atoms with Gasteiger partial charge in [0, 0.05) is 24.8 Å². The average Bonchev–Trinajstić information content (AvgIpc) is 3.28. The van der Waals surface area contributed by atoms with Crippen LogP contribution in [0.15, 0.2) is 34.0 Å². The lowest BCUT2D eigenvalue weighted by molar-refractivity contribution is -0.160. The van der Waals surface area contributed by atoms with E-state index in [2.05, 4.69) is 22.6 Å². The van der Waals surface area contributed by atoms with E-state index in [1.807, 2.05) is 6.92 Å². The van der Waals surface area contributed by atoms with Crippen LogP contribution in [0.1, 0.15) is 27.2 Å². The number of nitrogens with zero attached hydrogens (tertiary/aromatic N) is 4. The van der Waals surface area contributed by atoms with Gasteiger partial charge in [-0.25, -0.2) is 4.39 Å². The normalized spacial score (nSPS) is 30.7. The van der Waals surface area contributed by atoms with Gasteiger partial charge >= 0.3 is 6.18 Å². The van der Waals surface area contributed by atoms with E-state index in [1.165, 1.54) is 24.0 Å². The highest BCUT2D eigenvalue weighted by Gasteiger charge is 2.71. The predicted molar refractivity (Wildman–Crippen MR) is 128 cm³/mol. The number of halogens is 4. The minimum Gasteiger partial charge on any atom is -0.465 e. The van der Waals surface area contributed by atoms with Crippen LogP contribution in [0.3, 0.4) is 0 Å². The molecule has 192 valence electrons. The summed E-state index contributed by atoms with van der Waals surface area (Å²) in [5.74, 6) is 1.07. The van der Waals surface area contributed by atoms with Crippen molar-refractivity contribution >= 4 is 29.6 Å². The predicted octanol–water partition coefficient (Wildman–Crippen LogP) is 3.30. The molecule has 3 heterocycles. The number of nitrogens with two attached hydrogens (primary N) is 1. The molecular weight excluding hydrogens is 486 g/mol. The minimum atomic E-state index is -4.65. The number of hydrogen-bond acceptors (Lipinski definition) is 7. The van der Waals surface area contributed by atoms with Crippen LogP contribution in [0.4, 0.5) is 17.6 Å². The standard InChI is InChI=1S/C23H29F4N5O2S/c1-6-8-34-18(10-29-5)32-14(3)19(32)21(4,16(24)7-2)22-13-31(17(33)9-23(25,26)27)11-15(22)12-35-20(28)30-22/h1,7,10,14-15,19H,5,8-9,11-13H2,2-4H3,(H2,28,30)/b16-7+,18-10?/t14-,15+,19?,21?,22+,32?/m1/s1. The molecule has 0 aliphatic carbocycles. The molecule has 0 aromatic rings. The van der Waals surface area contributed by atoms with Crippen molar-refractivity contribution in [3.63, 3.8) is 0 Å². The van der Waals surface area contributed by atoms with E-state index in [-0.39, 0.29) is 30.9 Å². The summed E-state index contributed by atoms with van der Waals surface area (Å²) in [6.45, 7) is 8.32. The highest BCUT2D eigenvalue weighted by Crippen LogP contribution is 2.61. The Morgan fingerprint density at radius 2 is 2.20 bits per heavy atom. The van der Waals surface area contributed by atoms with Gasteiger partial charge in [-0.3, -0.25) is 14.8 Å². The molecule has 1 amide bonds. The summed E-state index contributed by atoms with van der Waals surface area (Å²) in [4.78, 5) is 23.9. The lowest BCUT2D eigenvalue weighted by atomic mass is 9.62. The Hall–Kier alpha value is -2.68. The zero-order chi connectivity index (χ0) is 26.2. The van der Waals surface area contributed by atoms with Crippen LogP contribution in [0, 0.1) is 23.7 Å². The van der Waals surface area contributed by atoms with Gasteiger partial charge in [-0.05, 0) is 27.5 Å². The number of ether oxygens (including phenoxy) is 1. The van der Waals surface area contributed by atoms with Crippen molar-refractivity contribution in [1.82, 2.24) is 9.80 Å². The van der Waals surface area contributed by atoms with Crippen LogP contribution in [-0.2, 0) is 9.53 Å². The van der Waals surface area contributed by atoms with E-state index in [0.717, 1.165) is 4.90 Å². The van der Waals surface area contributed by atoms with Crippen LogP contribution in [0.25, 0.3) is 0 Å². The largest absolute Gasteiger partial charge is 0.465 e. The highest BCUT2D eigenvalue weighted by atomic mass is 32.2. The van der Waals surface area contributed by atoms with Crippen LogP contribution in [0.2, 0.25) is 0 Å². The van der Waals surface area contributed by atoms with Crippen molar-refractivity contribution in [1.29, 1.82) is 0 Å². The van der Waals surface area contributed by atoms with Crippen LogP contribution in [0.5, 0.6) is 0 Å². The maximum absolute atomic E-state index is 16.0. The first-order valence-corrected chi connectivity index (χ1v) is 12.0. The average molecular weight is 516 g/mol. The quantitative estimate of drug-likeness (QED) is 0.176. The van der Waals surface area contributed by atoms with Crippen molar-refractivity contribution < 1.29 is 27.1 Å². The number of amidine groups is 1. The van der Waals surface area contributed by atoms with E-state index >= 15 is 4.39 Å². The Bertz CT molecular complexity index is 1010. The fourth-order valence-electron chi connectivity index (χ4n) is 5.53. The molecule has 0 aromatic heterocycles. The van der Waals surface area contributed by atoms with Crippen LogP contribution in [-0.4, -0.2) is 76.8 Å². The van der Waals surface area contributed by atoms with E-state index in [9.17, 15) is 18.0 Å². The SMILES string of the molecule is C#CCOC(=CN=C)N1C(C(C)(/C(F)=C\C)[C@]23CN(C(=O)CC(F)(F)F)C[C@H]2CSC(N)=N3)[C@H]1C. The summed E-state index contributed by atoms with van der Waals surface area (Å²) >= 11 is 1.25. The Labute approximate surface area is 206 Å². The van der Waals surface area contributed by atoms with Crippen molar-refractivity contribution in [3.8, 4) is 12.3 Å². The molecule has 2 unspecified atom stereocenters. The number of carbonyl (C=O) groups excluding carboxylic acids is 1. The fourth-order valence-corrected chi connectivity index (χ4v) is 6.52. The molecule has 5 atom stereocenters. The zero-order valence-corrected chi connectivity index (χ0v) is 20.6. The molecule has 2 saturated heterocycles. The zero-order valence-electron chi connectivity index (χ0n) is 19.8. The number of hydrogen-bond donors (Lipinski definition) is 1. The molecule has 3 rings (SSSR count). The third-order valence-corrected chi connectivity index (χ3v) is 8.06. The van der Waals surface area contributed by atoms with Gasteiger partial charge in [0.2, 0.25) is 11.8 Å². The molecule has 3 aliphatic heterocycles. The number of thioether (sulfide) groups is 1. The monoisotopic (exact) mass is 515 g/mol. The molecule has 2 fully saturated rings. The van der Waals surface area contributed by atoms with E-state index in [4.69, 9.17) is 16.9 Å². The van der Waals surface area contributed by atoms with Crippen molar-refractivity contribution in [3.05, 3.63) is 24.0 Å². The molecule has 0 spiro atoms. The van der Waals surface area contributed by atoms with Crippen LogP contribution < -0.4 is 5.73 Å². The van der Waals surface area contributed by atoms with Gasteiger partial charge in [-0.15, -0.1) is 6.42 Å². The first-order chi connectivity index (χ1) is 16.4. The maximum atomic E-state index is 16.0. The minimum absolute atomic E-state index is 0.0247. The Morgan fingerprint density at radius 1 is 1.51 bits per heavy atom. The number of alkyl halides is 3. The summed E-state index contributed by atoms with van der Waals surface area (Å²) in [6, 6.07) is -0.776.